The highest BCUT2D eigenvalue weighted by Crippen LogP contribution is 2.30. The number of hydrogen-bond donors (Lipinski definition) is 0. The van der Waals surface area contributed by atoms with E-state index in [9.17, 15) is 17.6 Å². The largest absolute Gasteiger partial charge is 0.468 e. The van der Waals surface area contributed by atoms with Crippen LogP contribution >= 0.6 is 0 Å². The van der Waals surface area contributed by atoms with E-state index in [-0.39, 0.29) is 13.0 Å². The third-order valence-electron chi connectivity index (χ3n) is 4.10. The fourth-order valence-electron chi connectivity index (χ4n) is 2.87. The minimum absolute atomic E-state index is 0.00733. The van der Waals surface area contributed by atoms with Crippen molar-refractivity contribution in [1.82, 2.24) is 4.31 Å². The molecule has 0 N–H and O–H groups in total. The van der Waals surface area contributed by atoms with E-state index in [1.165, 1.54) is 25.3 Å². The Bertz CT molecular complexity index is 882. The van der Waals surface area contributed by atoms with Gasteiger partial charge in [-0.1, -0.05) is 36.4 Å². The summed E-state index contributed by atoms with van der Waals surface area (Å²) in [4.78, 5) is 11.7. The van der Waals surface area contributed by atoms with Crippen LogP contribution in [-0.2, 0) is 32.5 Å². The molecule has 1 atom stereocenters. The molecule has 0 aromatic heterocycles. The number of halogens is 1. The van der Waals surface area contributed by atoms with E-state index in [0.29, 0.717) is 0 Å². The molecule has 0 unspecified atom stereocenters. The monoisotopic (exact) mass is 349 g/mol. The smallest absolute Gasteiger partial charge is 0.324 e. The number of carbonyl (C=O) groups excluding carboxylic acids is 1. The van der Waals surface area contributed by atoms with Gasteiger partial charge in [0.15, 0.2) is 0 Å². The minimum Gasteiger partial charge on any atom is -0.468 e. The zero-order chi connectivity index (χ0) is 17.3. The first-order valence-electron chi connectivity index (χ1n) is 7.36. The Kier molecular flexibility index (Phi) is 4.38. The summed E-state index contributed by atoms with van der Waals surface area (Å²) < 4.78 is 45.6. The SMILES string of the molecule is COC(=O)[C@H]1Cc2ccccc2CN1S(=O)(=O)c1ccccc1F. The summed E-state index contributed by atoms with van der Waals surface area (Å²) >= 11 is 0. The number of hydrogen-bond acceptors (Lipinski definition) is 4. The lowest BCUT2D eigenvalue weighted by Gasteiger charge is -2.34. The standard InChI is InChI=1S/C17H16FNO4S/c1-23-17(20)15-10-12-6-2-3-7-13(12)11-19(15)24(21,22)16-9-5-4-8-14(16)18/h2-9,15H,10-11H2,1H3/t15-/m1/s1. The molecule has 0 saturated carbocycles. The lowest BCUT2D eigenvalue weighted by molar-refractivity contribution is -0.145. The number of esters is 1. The highest BCUT2D eigenvalue weighted by Gasteiger charge is 2.41. The van der Waals surface area contributed by atoms with Crippen LogP contribution in [0.3, 0.4) is 0 Å². The summed E-state index contributed by atoms with van der Waals surface area (Å²) in [6.07, 6.45) is 0.191. The Morgan fingerprint density at radius 1 is 1.12 bits per heavy atom. The Labute approximate surface area is 139 Å². The third-order valence-corrected chi connectivity index (χ3v) is 5.99. The molecule has 0 spiro atoms. The summed E-state index contributed by atoms with van der Waals surface area (Å²) in [5.74, 6) is -1.51. The molecule has 0 fully saturated rings. The van der Waals surface area contributed by atoms with Gasteiger partial charge in [0, 0.05) is 13.0 Å². The first-order valence-corrected chi connectivity index (χ1v) is 8.80. The van der Waals surface area contributed by atoms with Gasteiger partial charge in [0.1, 0.15) is 16.8 Å². The van der Waals surface area contributed by atoms with Gasteiger partial charge < -0.3 is 4.74 Å². The van der Waals surface area contributed by atoms with E-state index in [4.69, 9.17) is 4.74 Å². The summed E-state index contributed by atoms with van der Waals surface area (Å²) in [6.45, 7) is -0.00733. The second-order valence-corrected chi connectivity index (χ2v) is 7.35. The van der Waals surface area contributed by atoms with Crippen LogP contribution in [0.1, 0.15) is 11.1 Å². The molecule has 0 bridgehead atoms. The van der Waals surface area contributed by atoms with Crippen molar-refractivity contribution in [3.8, 4) is 0 Å². The number of rotatable bonds is 3. The van der Waals surface area contributed by atoms with Gasteiger partial charge in [0.25, 0.3) is 0 Å². The molecule has 1 aliphatic rings. The van der Waals surface area contributed by atoms with E-state index >= 15 is 0 Å². The van der Waals surface area contributed by atoms with E-state index in [0.717, 1.165) is 21.5 Å². The number of sulfonamides is 1. The number of methoxy groups -OCH3 is 1. The maximum atomic E-state index is 14.0. The summed E-state index contributed by atoms with van der Waals surface area (Å²) in [7, 11) is -2.98. The Morgan fingerprint density at radius 3 is 2.42 bits per heavy atom. The molecule has 2 aromatic rings. The van der Waals surface area contributed by atoms with Crippen LogP contribution in [0.15, 0.2) is 53.4 Å². The molecule has 24 heavy (non-hydrogen) atoms. The normalized spacial score (nSPS) is 18.0. The van der Waals surface area contributed by atoms with Gasteiger partial charge in [-0.3, -0.25) is 4.79 Å². The highest BCUT2D eigenvalue weighted by molar-refractivity contribution is 7.89. The lowest BCUT2D eigenvalue weighted by Crippen LogP contribution is -2.49. The van der Waals surface area contributed by atoms with Crippen LogP contribution < -0.4 is 0 Å². The third kappa shape index (κ3) is 2.81. The molecule has 1 aliphatic heterocycles. The molecule has 2 aromatic carbocycles. The van der Waals surface area contributed by atoms with Crippen LogP contribution in [0.25, 0.3) is 0 Å². The van der Waals surface area contributed by atoms with Gasteiger partial charge in [-0.25, -0.2) is 12.8 Å². The molecular weight excluding hydrogens is 333 g/mol. The topological polar surface area (TPSA) is 63.7 Å². The molecule has 5 nitrogen and oxygen atoms in total. The molecule has 0 radical (unpaired) electrons. The predicted molar refractivity (Wildman–Crippen MR) is 85.1 cm³/mol. The molecule has 1 heterocycles. The van der Waals surface area contributed by atoms with Gasteiger partial charge in [-0.15, -0.1) is 0 Å². The van der Waals surface area contributed by atoms with Crippen LogP contribution in [0, 0.1) is 5.82 Å². The average molecular weight is 349 g/mol. The first kappa shape index (κ1) is 16.6. The van der Waals surface area contributed by atoms with Gasteiger partial charge in [-0.2, -0.15) is 4.31 Å². The van der Waals surface area contributed by atoms with Crippen molar-refractivity contribution >= 4 is 16.0 Å². The van der Waals surface area contributed by atoms with E-state index in [2.05, 4.69) is 0 Å². The number of benzene rings is 2. The van der Waals surface area contributed by atoms with Crippen molar-refractivity contribution in [2.45, 2.75) is 23.9 Å². The van der Waals surface area contributed by atoms with Gasteiger partial charge in [0.2, 0.25) is 10.0 Å². The molecule has 0 amide bonds. The summed E-state index contributed by atoms with van der Waals surface area (Å²) in [5.41, 5.74) is 1.67. The Balaban J connectivity index is 2.10. The number of nitrogens with zero attached hydrogens (tertiary/aromatic N) is 1. The minimum atomic E-state index is -4.18. The second kappa shape index (κ2) is 6.33. The number of fused-ring (bicyclic) bond motifs is 1. The quantitative estimate of drug-likeness (QED) is 0.796. The molecular formula is C17H16FNO4S. The zero-order valence-electron chi connectivity index (χ0n) is 13.0. The van der Waals surface area contributed by atoms with Gasteiger partial charge in [0.05, 0.1) is 7.11 Å². The number of carbonyl (C=O) groups is 1. The maximum Gasteiger partial charge on any atom is 0.324 e. The molecule has 3 rings (SSSR count). The van der Waals surface area contributed by atoms with Gasteiger partial charge >= 0.3 is 5.97 Å². The molecule has 0 aliphatic carbocycles. The fourth-order valence-corrected chi connectivity index (χ4v) is 4.49. The highest BCUT2D eigenvalue weighted by atomic mass is 32.2. The Morgan fingerprint density at radius 2 is 1.75 bits per heavy atom. The fraction of sp³-hybridized carbons (Fsp3) is 0.235. The second-order valence-electron chi connectivity index (χ2n) is 5.49. The van der Waals surface area contributed by atoms with Crippen molar-refractivity contribution in [3.05, 3.63) is 65.5 Å². The van der Waals surface area contributed by atoms with Crippen LogP contribution in [0.5, 0.6) is 0 Å². The molecule has 7 heteroatoms. The van der Waals surface area contributed by atoms with E-state index in [1.807, 2.05) is 12.1 Å². The molecule has 126 valence electrons. The van der Waals surface area contributed by atoms with E-state index in [1.54, 1.807) is 12.1 Å². The van der Waals surface area contributed by atoms with Crippen molar-refractivity contribution < 1.29 is 22.3 Å². The maximum absolute atomic E-state index is 14.0. The van der Waals surface area contributed by atoms with Crippen molar-refractivity contribution in [1.29, 1.82) is 0 Å². The lowest BCUT2D eigenvalue weighted by atomic mass is 9.96. The first-order chi connectivity index (χ1) is 11.4. The van der Waals surface area contributed by atoms with Crippen molar-refractivity contribution in [3.63, 3.8) is 0 Å². The van der Waals surface area contributed by atoms with Crippen LogP contribution in [0.4, 0.5) is 4.39 Å². The summed E-state index contributed by atoms with van der Waals surface area (Å²) in [6, 6.07) is 11.4. The molecule has 0 saturated heterocycles. The van der Waals surface area contributed by atoms with Gasteiger partial charge in [-0.05, 0) is 23.3 Å². The Hall–Kier alpha value is -2.25. The number of ether oxygens (including phenoxy) is 1. The van der Waals surface area contributed by atoms with Crippen LogP contribution in [0.2, 0.25) is 0 Å². The zero-order valence-corrected chi connectivity index (χ0v) is 13.8. The predicted octanol–water partition coefficient (Wildman–Crippen LogP) is 2.11. The van der Waals surface area contributed by atoms with Crippen molar-refractivity contribution in [2.24, 2.45) is 0 Å². The van der Waals surface area contributed by atoms with E-state index < -0.39 is 32.7 Å². The van der Waals surface area contributed by atoms with Crippen LogP contribution in [-0.4, -0.2) is 31.8 Å². The average Bonchev–Trinajstić information content (AvgIpc) is 2.60. The summed E-state index contributed by atoms with van der Waals surface area (Å²) in [5, 5.41) is 0. The van der Waals surface area contributed by atoms with Crippen molar-refractivity contribution in [2.75, 3.05) is 7.11 Å².